The summed E-state index contributed by atoms with van der Waals surface area (Å²) in [6, 6.07) is 17.1. The van der Waals surface area contributed by atoms with Crippen LogP contribution in [0.2, 0.25) is 0 Å². The Morgan fingerprint density at radius 1 is 1.12 bits per heavy atom. The van der Waals surface area contributed by atoms with E-state index in [1.54, 1.807) is 0 Å². The highest BCUT2D eigenvalue weighted by atomic mass is 16.5. The van der Waals surface area contributed by atoms with Crippen molar-refractivity contribution in [2.24, 2.45) is 5.73 Å². The summed E-state index contributed by atoms with van der Waals surface area (Å²) in [6.45, 7) is 2.45. The molecule has 2 aromatic carbocycles. The van der Waals surface area contributed by atoms with Crippen LogP contribution >= 0.6 is 0 Å². The average molecular weight is 346 g/mol. The van der Waals surface area contributed by atoms with Crippen molar-refractivity contribution in [3.8, 4) is 5.75 Å². The zero-order valence-corrected chi connectivity index (χ0v) is 15.1. The molecule has 26 heavy (non-hydrogen) atoms. The number of ether oxygens (including phenoxy) is 1. The minimum atomic E-state index is 0.155. The summed E-state index contributed by atoms with van der Waals surface area (Å²) in [4.78, 5) is 2.30. The van der Waals surface area contributed by atoms with E-state index in [0.717, 1.165) is 31.7 Å². The van der Waals surface area contributed by atoms with Gasteiger partial charge in [-0.3, -0.25) is 0 Å². The predicted molar refractivity (Wildman–Crippen MR) is 106 cm³/mol. The molecular weight excluding hydrogens is 320 g/mol. The second-order valence-electron chi connectivity index (χ2n) is 7.16. The van der Waals surface area contributed by atoms with Gasteiger partial charge in [0.1, 0.15) is 12.4 Å². The molecule has 0 aromatic heterocycles. The lowest BCUT2D eigenvalue weighted by Gasteiger charge is -2.24. The molecule has 0 saturated carbocycles. The molecule has 0 amide bonds. The lowest BCUT2D eigenvalue weighted by Crippen LogP contribution is -2.20. The highest BCUT2D eigenvalue weighted by Crippen LogP contribution is 2.31. The lowest BCUT2D eigenvalue weighted by atomic mass is 9.88. The van der Waals surface area contributed by atoms with Crippen LogP contribution in [0.15, 0.2) is 72.5 Å². The monoisotopic (exact) mass is 346 g/mol. The largest absolute Gasteiger partial charge is 0.489 e. The van der Waals surface area contributed by atoms with Crippen molar-refractivity contribution in [2.75, 3.05) is 13.2 Å². The maximum atomic E-state index is 6.25. The van der Waals surface area contributed by atoms with E-state index in [4.69, 9.17) is 10.5 Å². The van der Waals surface area contributed by atoms with Gasteiger partial charge in [-0.25, -0.2) is 0 Å². The van der Waals surface area contributed by atoms with Crippen molar-refractivity contribution in [1.29, 1.82) is 0 Å². The van der Waals surface area contributed by atoms with Crippen molar-refractivity contribution in [1.82, 2.24) is 4.90 Å². The summed E-state index contributed by atoms with van der Waals surface area (Å²) in [5, 5.41) is 0. The van der Waals surface area contributed by atoms with Gasteiger partial charge < -0.3 is 15.4 Å². The van der Waals surface area contributed by atoms with Crippen LogP contribution in [-0.4, -0.2) is 18.1 Å². The Kier molecular flexibility index (Phi) is 5.07. The second kappa shape index (κ2) is 7.79. The average Bonchev–Trinajstić information content (AvgIpc) is 2.69. The molecule has 4 rings (SSSR count). The topological polar surface area (TPSA) is 38.5 Å². The SMILES string of the molecule is NC1CCCc2ccc(OCC3=CCN(Cc4ccccc4)C=C3)cc21. The second-order valence-corrected chi connectivity index (χ2v) is 7.16. The quantitative estimate of drug-likeness (QED) is 0.874. The third-order valence-electron chi connectivity index (χ3n) is 5.20. The molecule has 3 nitrogen and oxygen atoms in total. The summed E-state index contributed by atoms with van der Waals surface area (Å²) < 4.78 is 6.02. The van der Waals surface area contributed by atoms with E-state index < -0.39 is 0 Å². The maximum absolute atomic E-state index is 6.25. The fourth-order valence-electron chi connectivity index (χ4n) is 3.68. The lowest BCUT2D eigenvalue weighted by molar-refractivity contribution is 0.346. The van der Waals surface area contributed by atoms with Gasteiger partial charge in [0.15, 0.2) is 0 Å². The Balaban J connectivity index is 1.32. The molecule has 0 radical (unpaired) electrons. The molecule has 0 fully saturated rings. The van der Waals surface area contributed by atoms with Crippen LogP contribution < -0.4 is 10.5 Å². The van der Waals surface area contributed by atoms with Gasteiger partial charge >= 0.3 is 0 Å². The van der Waals surface area contributed by atoms with Crippen LogP contribution in [0.5, 0.6) is 5.75 Å². The fraction of sp³-hybridized carbons (Fsp3) is 0.304. The minimum absolute atomic E-state index is 0.155. The predicted octanol–water partition coefficient (Wildman–Crippen LogP) is 4.36. The van der Waals surface area contributed by atoms with Gasteiger partial charge in [0.05, 0.1) is 0 Å². The summed E-state index contributed by atoms with van der Waals surface area (Å²) in [5.41, 5.74) is 11.4. The molecular formula is C23H26N2O. The number of benzene rings is 2. The van der Waals surface area contributed by atoms with Crippen molar-refractivity contribution >= 4 is 0 Å². The van der Waals surface area contributed by atoms with Gasteiger partial charge in [0.2, 0.25) is 0 Å². The highest BCUT2D eigenvalue weighted by molar-refractivity contribution is 5.39. The van der Waals surface area contributed by atoms with E-state index in [0.29, 0.717) is 6.61 Å². The summed E-state index contributed by atoms with van der Waals surface area (Å²) in [7, 11) is 0. The maximum Gasteiger partial charge on any atom is 0.120 e. The van der Waals surface area contributed by atoms with Crippen molar-refractivity contribution in [3.63, 3.8) is 0 Å². The molecule has 2 aliphatic rings. The summed E-state index contributed by atoms with van der Waals surface area (Å²) >= 11 is 0. The van der Waals surface area contributed by atoms with Gasteiger partial charge in [0, 0.05) is 25.3 Å². The van der Waals surface area contributed by atoms with Crippen LogP contribution in [0.3, 0.4) is 0 Å². The Morgan fingerprint density at radius 2 is 2.00 bits per heavy atom. The minimum Gasteiger partial charge on any atom is -0.489 e. The fourth-order valence-corrected chi connectivity index (χ4v) is 3.68. The van der Waals surface area contributed by atoms with Crippen LogP contribution in [-0.2, 0) is 13.0 Å². The number of hydrogen-bond donors (Lipinski definition) is 1. The first-order valence-electron chi connectivity index (χ1n) is 9.44. The number of nitrogens with two attached hydrogens (primary N) is 1. The Labute approximate surface area is 155 Å². The van der Waals surface area contributed by atoms with E-state index in [9.17, 15) is 0 Å². The number of nitrogens with zero attached hydrogens (tertiary/aromatic N) is 1. The molecule has 1 unspecified atom stereocenters. The Morgan fingerprint density at radius 3 is 2.81 bits per heavy atom. The van der Waals surface area contributed by atoms with Crippen molar-refractivity contribution in [3.05, 3.63) is 89.1 Å². The molecule has 0 spiro atoms. The van der Waals surface area contributed by atoms with E-state index in [2.05, 4.69) is 71.8 Å². The van der Waals surface area contributed by atoms with Gasteiger partial charge in [-0.05, 0) is 59.7 Å². The zero-order valence-electron chi connectivity index (χ0n) is 15.1. The number of rotatable bonds is 5. The normalized spacial score (nSPS) is 19.0. The number of aryl methyl sites for hydroxylation is 1. The standard InChI is InChI=1S/C23H26N2O/c24-23-8-4-7-20-9-10-21(15-22(20)23)26-17-19-11-13-25(14-12-19)16-18-5-2-1-3-6-18/h1-3,5-6,9-13,15,23H,4,7-8,14,16-17,24H2. The third-order valence-corrected chi connectivity index (χ3v) is 5.20. The van der Waals surface area contributed by atoms with Crippen LogP contribution in [0.4, 0.5) is 0 Å². The molecule has 2 N–H and O–H groups in total. The first kappa shape index (κ1) is 16.9. The smallest absolute Gasteiger partial charge is 0.120 e. The molecule has 3 heteroatoms. The van der Waals surface area contributed by atoms with Gasteiger partial charge in [-0.15, -0.1) is 0 Å². The molecule has 1 aliphatic carbocycles. The van der Waals surface area contributed by atoms with Crippen molar-refractivity contribution < 1.29 is 4.74 Å². The van der Waals surface area contributed by atoms with Gasteiger partial charge in [-0.2, -0.15) is 0 Å². The van der Waals surface area contributed by atoms with E-state index in [-0.39, 0.29) is 6.04 Å². The third kappa shape index (κ3) is 4.00. The molecule has 0 saturated heterocycles. The molecule has 0 bridgehead atoms. The van der Waals surface area contributed by atoms with Gasteiger partial charge in [0.25, 0.3) is 0 Å². The van der Waals surface area contributed by atoms with Crippen LogP contribution in [0.1, 0.15) is 35.6 Å². The first-order valence-corrected chi connectivity index (χ1v) is 9.44. The number of hydrogen-bond acceptors (Lipinski definition) is 3. The Hall–Kier alpha value is -2.52. The van der Waals surface area contributed by atoms with E-state index >= 15 is 0 Å². The van der Waals surface area contributed by atoms with Crippen LogP contribution in [0.25, 0.3) is 0 Å². The summed E-state index contributed by atoms with van der Waals surface area (Å²) in [5.74, 6) is 0.919. The first-order chi connectivity index (χ1) is 12.8. The zero-order chi connectivity index (χ0) is 17.8. The highest BCUT2D eigenvalue weighted by Gasteiger charge is 2.17. The molecule has 1 aliphatic heterocycles. The molecule has 134 valence electrons. The van der Waals surface area contributed by atoms with Crippen LogP contribution in [0, 0.1) is 0 Å². The molecule has 1 atom stereocenters. The molecule has 2 aromatic rings. The Bertz CT molecular complexity index is 810. The van der Waals surface area contributed by atoms with E-state index in [1.807, 2.05) is 0 Å². The van der Waals surface area contributed by atoms with Crippen molar-refractivity contribution in [2.45, 2.75) is 31.8 Å². The van der Waals surface area contributed by atoms with Gasteiger partial charge in [-0.1, -0.05) is 42.5 Å². The summed E-state index contributed by atoms with van der Waals surface area (Å²) in [6.07, 6.45) is 9.94. The van der Waals surface area contributed by atoms with E-state index in [1.165, 1.54) is 28.7 Å². The molecule has 1 heterocycles. The number of fused-ring (bicyclic) bond motifs is 1.